The van der Waals surface area contributed by atoms with Gasteiger partial charge in [-0.05, 0) is 31.5 Å². The number of aromatic nitrogens is 2. The van der Waals surface area contributed by atoms with E-state index < -0.39 is 17.6 Å². The van der Waals surface area contributed by atoms with E-state index in [0.717, 1.165) is 5.56 Å². The van der Waals surface area contributed by atoms with Crippen LogP contribution in [0.1, 0.15) is 30.9 Å². The van der Waals surface area contributed by atoms with E-state index in [1.54, 1.807) is 13.8 Å². The molecule has 7 heteroatoms. The van der Waals surface area contributed by atoms with Gasteiger partial charge in [-0.15, -0.1) is 0 Å². The van der Waals surface area contributed by atoms with E-state index >= 15 is 0 Å². The highest BCUT2D eigenvalue weighted by molar-refractivity contribution is 5.95. The van der Waals surface area contributed by atoms with Crippen LogP contribution in [0.25, 0.3) is 5.69 Å². The summed E-state index contributed by atoms with van der Waals surface area (Å²) in [5, 5.41) is 3.22. The number of hydrogen-bond acceptors (Lipinski definition) is 6. The minimum Gasteiger partial charge on any atom is -0.463 e. The smallest absolute Gasteiger partial charge is 0.355 e. The van der Waals surface area contributed by atoms with Gasteiger partial charge in [-0.2, -0.15) is 4.98 Å². The normalized spacial score (nSPS) is 15.3. The fraction of sp³-hybridized carbons (Fsp3) is 0.174. The number of hydrogen-bond donors (Lipinski definition) is 2. The van der Waals surface area contributed by atoms with Crippen LogP contribution in [-0.2, 0) is 9.53 Å². The van der Waals surface area contributed by atoms with Gasteiger partial charge in [0, 0.05) is 11.3 Å². The Labute approximate surface area is 173 Å². The van der Waals surface area contributed by atoms with Gasteiger partial charge in [-0.1, -0.05) is 48.5 Å². The molecule has 7 nitrogen and oxygen atoms in total. The van der Waals surface area contributed by atoms with Gasteiger partial charge in [0.25, 0.3) is 0 Å². The molecule has 2 heterocycles. The van der Waals surface area contributed by atoms with Crippen molar-refractivity contribution in [3.8, 4) is 5.69 Å². The summed E-state index contributed by atoms with van der Waals surface area (Å²) in [4.78, 5) is 29.8. The summed E-state index contributed by atoms with van der Waals surface area (Å²) in [7, 11) is 0. The van der Waals surface area contributed by atoms with Crippen LogP contribution in [0.4, 0.5) is 11.6 Å². The molecule has 0 saturated carbocycles. The van der Waals surface area contributed by atoms with E-state index in [0.29, 0.717) is 28.3 Å². The number of carbonyl (C=O) groups excluding carboxylic acids is 1. The standard InChI is InChI=1S/C23H22N4O3/c1-3-30-22(28)17-14(2)25-21-19(18(17)15-10-6-4-7-11-15)20(24)26-23(29)27(21)16-12-8-5-9-13-16/h4-13,18,25H,3H2,1-2H3,(H2,24,26,29). The van der Waals surface area contributed by atoms with Crippen molar-refractivity contribution in [3.05, 3.63) is 93.5 Å². The fourth-order valence-electron chi connectivity index (χ4n) is 3.84. The number of nitrogens with two attached hydrogens (primary N) is 1. The molecule has 0 radical (unpaired) electrons. The van der Waals surface area contributed by atoms with Crippen molar-refractivity contribution in [2.75, 3.05) is 17.7 Å². The molecule has 0 amide bonds. The summed E-state index contributed by atoms with van der Waals surface area (Å²) < 4.78 is 6.81. The number of benzene rings is 2. The highest BCUT2D eigenvalue weighted by Crippen LogP contribution is 2.44. The molecule has 0 fully saturated rings. The van der Waals surface area contributed by atoms with Crippen molar-refractivity contribution in [2.45, 2.75) is 19.8 Å². The first-order valence-corrected chi connectivity index (χ1v) is 9.70. The van der Waals surface area contributed by atoms with Crippen molar-refractivity contribution in [1.29, 1.82) is 0 Å². The average molecular weight is 402 g/mol. The Morgan fingerprint density at radius 3 is 2.40 bits per heavy atom. The van der Waals surface area contributed by atoms with Crippen LogP contribution in [0.2, 0.25) is 0 Å². The first kappa shape index (κ1) is 19.4. The number of nitrogens with zero attached hydrogens (tertiary/aromatic N) is 2. The topological polar surface area (TPSA) is 99.2 Å². The van der Waals surface area contributed by atoms with Crippen LogP contribution in [0, 0.1) is 0 Å². The zero-order valence-electron chi connectivity index (χ0n) is 16.8. The molecule has 0 saturated heterocycles. The zero-order valence-corrected chi connectivity index (χ0v) is 16.8. The Bertz CT molecular complexity index is 1180. The van der Waals surface area contributed by atoms with Crippen LogP contribution >= 0.6 is 0 Å². The number of para-hydroxylation sites is 1. The first-order chi connectivity index (χ1) is 14.5. The predicted octanol–water partition coefficient (Wildman–Crippen LogP) is 3.21. The van der Waals surface area contributed by atoms with Crippen LogP contribution in [0.15, 0.2) is 76.7 Å². The molecule has 3 N–H and O–H groups in total. The summed E-state index contributed by atoms with van der Waals surface area (Å²) in [6, 6.07) is 18.7. The molecule has 30 heavy (non-hydrogen) atoms. The lowest BCUT2D eigenvalue weighted by atomic mass is 9.82. The van der Waals surface area contributed by atoms with Crippen LogP contribution in [-0.4, -0.2) is 22.1 Å². The Balaban J connectivity index is 2.04. The average Bonchev–Trinajstić information content (AvgIpc) is 2.74. The molecule has 4 rings (SSSR count). The second-order valence-corrected chi connectivity index (χ2v) is 6.94. The van der Waals surface area contributed by atoms with Crippen molar-refractivity contribution in [1.82, 2.24) is 9.55 Å². The Morgan fingerprint density at radius 2 is 1.77 bits per heavy atom. The quantitative estimate of drug-likeness (QED) is 0.650. The number of nitrogen functional groups attached to an aromatic ring is 1. The molecule has 1 aliphatic heterocycles. The number of esters is 1. The van der Waals surface area contributed by atoms with Crippen molar-refractivity contribution in [3.63, 3.8) is 0 Å². The van der Waals surface area contributed by atoms with E-state index in [4.69, 9.17) is 10.5 Å². The molecule has 152 valence electrons. The molecule has 1 aromatic heterocycles. The molecule has 0 bridgehead atoms. The molecule has 0 aliphatic carbocycles. The molecule has 3 aromatic rings. The molecular weight excluding hydrogens is 380 g/mol. The maximum absolute atomic E-state index is 12.9. The number of rotatable bonds is 4. The molecule has 1 aliphatic rings. The van der Waals surface area contributed by atoms with Crippen LogP contribution in [0.5, 0.6) is 0 Å². The second kappa shape index (κ2) is 7.87. The number of allylic oxidation sites excluding steroid dienone is 1. The summed E-state index contributed by atoms with van der Waals surface area (Å²) >= 11 is 0. The summed E-state index contributed by atoms with van der Waals surface area (Å²) in [6.45, 7) is 3.81. The van der Waals surface area contributed by atoms with Gasteiger partial charge < -0.3 is 15.8 Å². The van der Waals surface area contributed by atoms with Gasteiger partial charge in [-0.3, -0.25) is 0 Å². The summed E-state index contributed by atoms with van der Waals surface area (Å²) in [5.41, 5.74) is 8.89. The minimum absolute atomic E-state index is 0.0813. The Kier molecular flexibility index (Phi) is 5.10. The zero-order chi connectivity index (χ0) is 21.3. The maximum atomic E-state index is 12.9. The summed E-state index contributed by atoms with van der Waals surface area (Å²) in [6.07, 6.45) is 0. The lowest BCUT2D eigenvalue weighted by Gasteiger charge is -2.32. The van der Waals surface area contributed by atoms with Crippen molar-refractivity contribution in [2.24, 2.45) is 0 Å². The van der Waals surface area contributed by atoms with E-state index in [-0.39, 0.29) is 12.4 Å². The third kappa shape index (κ3) is 3.24. The van der Waals surface area contributed by atoms with Crippen LogP contribution < -0.4 is 16.7 Å². The molecule has 0 spiro atoms. The highest BCUT2D eigenvalue weighted by Gasteiger charge is 2.37. The van der Waals surface area contributed by atoms with Crippen molar-refractivity contribution < 1.29 is 9.53 Å². The van der Waals surface area contributed by atoms with E-state index in [1.165, 1.54) is 4.57 Å². The molecule has 1 atom stereocenters. The maximum Gasteiger partial charge on any atom is 0.355 e. The second-order valence-electron chi connectivity index (χ2n) is 6.94. The van der Waals surface area contributed by atoms with Gasteiger partial charge >= 0.3 is 11.7 Å². The SMILES string of the molecule is CCOC(=O)C1=C(C)Nc2c(c(N)nc(=O)n2-c2ccccc2)C1c1ccccc1. The highest BCUT2D eigenvalue weighted by atomic mass is 16.5. The van der Waals surface area contributed by atoms with E-state index in [1.807, 2.05) is 60.7 Å². The number of nitrogens with one attached hydrogen (secondary N) is 1. The van der Waals surface area contributed by atoms with E-state index in [2.05, 4.69) is 10.3 Å². The van der Waals surface area contributed by atoms with E-state index in [9.17, 15) is 9.59 Å². The van der Waals surface area contributed by atoms with Gasteiger partial charge in [0.05, 0.1) is 23.8 Å². The Morgan fingerprint density at radius 1 is 1.13 bits per heavy atom. The molecule has 2 aromatic carbocycles. The number of anilines is 2. The third-order valence-corrected chi connectivity index (χ3v) is 5.09. The monoisotopic (exact) mass is 402 g/mol. The van der Waals surface area contributed by atoms with Gasteiger partial charge in [-0.25, -0.2) is 14.2 Å². The third-order valence-electron chi connectivity index (χ3n) is 5.09. The number of carbonyl (C=O) groups is 1. The lowest BCUT2D eigenvalue weighted by Crippen LogP contribution is -2.33. The van der Waals surface area contributed by atoms with Gasteiger partial charge in [0.1, 0.15) is 11.6 Å². The largest absolute Gasteiger partial charge is 0.463 e. The first-order valence-electron chi connectivity index (χ1n) is 9.70. The van der Waals surface area contributed by atoms with Crippen molar-refractivity contribution >= 4 is 17.6 Å². The number of fused-ring (bicyclic) bond motifs is 1. The predicted molar refractivity (Wildman–Crippen MR) is 115 cm³/mol. The van der Waals surface area contributed by atoms with Gasteiger partial charge in [0.15, 0.2) is 0 Å². The number of ether oxygens (including phenoxy) is 1. The minimum atomic E-state index is -0.524. The fourth-order valence-corrected chi connectivity index (χ4v) is 3.84. The molecule has 1 unspecified atom stereocenters. The van der Waals surface area contributed by atoms with Crippen LogP contribution in [0.3, 0.4) is 0 Å². The lowest BCUT2D eigenvalue weighted by molar-refractivity contribution is -0.138. The molecular formula is C23H22N4O3. The summed E-state index contributed by atoms with van der Waals surface area (Å²) in [5.74, 6) is -0.376. The Hall–Kier alpha value is -3.87. The van der Waals surface area contributed by atoms with Gasteiger partial charge in [0.2, 0.25) is 0 Å².